The molecule has 1 N–H and O–H groups in total. The first-order chi connectivity index (χ1) is 10.0. The molecule has 0 fully saturated rings. The topological polar surface area (TPSA) is 49.8 Å². The molecule has 0 amide bonds. The van der Waals surface area contributed by atoms with E-state index in [0.29, 0.717) is 12.1 Å². The molecule has 0 heterocycles. The Labute approximate surface area is 124 Å². The molecule has 4 heteroatoms. The summed E-state index contributed by atoms with van der Waals surface area (Å²) in [5.41, 5.74) is 3.07. The highest BCUT2D eigenvalue weighted by atomic mass is 16.5. The van der Waals surface area contributed by atoms with Gasteiger partial charge in [0.15, 0.2) is 0 Å². The smallest absolute Gasteiger partial charge is 0.337 e. The van der Waals surface area contributed by atoms with E-state index in [4.69, 9.17) is 4.74 Å². The molecule has 0 saturated heterocycles. The summed E-state index contributed by atoms with van der Waals surface area (Å²) in [6, 6.07) is 13.1. The van der Waals surface area contributed by atoms with Crippen molar-refractivity contribution in [2.45, 2.75) is 13.5 Å². The van der Waals surface area contributed by atoms with Gasteiger partial charge < -0.3 is 14.7 Å². The zero-order valence-electron chi connectivity index (χ0n) is 12.5. The molecule has 2 rings (SSSR count). The van der Waals surface area contributed by atoms with Crippen molar-refractivity contribution in [2.75, 3.05) is 19.1 Å². The molecule has 0 unspecified atom stereocenters. The van der Waals surface area contributed by atoms with Gasteiger partial charge in [-0.05, 0) is 36.2 Å². The molecule has 110 valence electrons. The van der Waals surface area contributed by atoms with Crippen molar-refractivity contribution in [2.24, 2.45) is 0 Å². The zero-order chi connectivity index (χ0) is 15.4. The molecule has 0 atom stereocenters. The number of aromatic carboxylic acids is 1. The van der Waals surface area contributed by atoms with Gasteiger partial charge in [0.1, 0.15) is 5.75 Å². The SMILES string of the molecule is COc1cccc(CN(C)c2c(C)cccc2C(=O)O)c1. The minimum absolute atomic E-state index is 0.320. The van der Waals surface area contributed by atoms with Gasteiger partial charge in [-0.3, -0.25) is 0 Å². The van der Waals surface area contributed by atoms with Gasteiger partial charge in [0, 0.05) is 13.6 Å². The third-order valence-electron chi connectivity index (χ3n) is 3.40. The number of hydrogen-bond acceptors (Lipinski definition) is 3. The molecule has 0 aromatic heterocycles. The predicted octanol–water partition coefficient (Wildman–Crippen LogP) is 3.34. The van der Waals surface area contributed by atoms with Crippen LogP contribution in [0.1, 0.15) is 21.5 Å². The van der Waals surface area contributed by atoms with Crippen molar-refractivity contribution in [3.8, 4) is 5.75 Å². The summed E-state index contributed by atoms with van der Waals surface area (Å²) in [5.74, 6) is -0.115. The minimum Gasteiger partial charge on any atom is -0.497 e. The number of benzene rings is 2. The number of anilines is 1. The van der Waals surface area contributed by atoms with E-state index in [9.17, 15) is 9.90 Å². The van der Waals surface area contributed by atoms with Crippen LogP contribution < -0.4 is 9.64 Å². The van der Waals surface area contributed by atoms with Crippen molar-refractivity contribution in [3.05, 3.63) is 59.2 Å². The van der Waals surface area contributed by atoms with Gasteiger partial charge >= 0.3 is 5.97 Å². The number of aryl methyl sites for hydroxylation is 1. The van der Waals surface area contributed by atoms with Crippen molar-refractivity contribution >= 4 is 11.7 Å². The Balaban J connectivity index is 2.32. The van der Waals surface area contributed by atoms with E-state index in [1.165, 1.54) is 0 Å². The van der Waals surface area contributed by atoms with Crippen molar-refractivity contribution in [3.63, 3.8) is 0 Å². The van der Waals surface area contributed by atoms with Crippen molar-refractivity contribution in [1.82, 2.24) is 0 Å². The molecule has 0 saturated carbocycles. The second kappa shape index (κ2) is 6.31. The monoisotopic (exact) mass is 285 g/mol. The number of carbonyl (C=O) groups is 1. The maximum atomic E-state index is 11.4. The Morgan fingerprint density at radius 3 is 2.62 bits per heavy atom. The summed E-state index contributed by atoms with van der Waals surface area (Å²) in [6.45, 7) is 2.53. The fourth-order valence-electron chi connectivity index (χ4n) is 2.46. The Hall–Kier alpha value is -2.49. The molecule has 0 aliphatic heterocycles. The highest BCUT2D eigenvalue weighted by molar-refractivity contribution is 5.95. The third kappa shape index (κ3) is 3.34. The molecule has 21 heavy (non-hydrogen) atoms. The third-order valence-corrected chi connectivity index (χ3v) is 3.40. The van der Waals surface area contributed by atoms with Crippen LogP contribution in [0.4, 0.5) is 5.69 Å². The van der Waals surface area contributed by atoms with E-state index in [2.05, 4.69) is 0 Å². The summed E-state index contributed by atoms with van der Waals surface area (Å²) < 4.78 is 5.22. The largest absolute Gasteiger partial charge is 0.497 e. The van der Waals surface area contributed by atoms with E-state index < -0.39 is 5.97 Å². The average molecular weight is 285 g/mol. The van der Waals surface area contributed by atoms with Gasteiger partial charge in [-0.25, -0.2) is 4.79 Å². The van der Waals surface area contributed by atoms with Crippen LogP contribution in [0.25, 0.3) is 0 Å². The highest BCUT2D eigenvalue weighted by Crippen LogP contribution is 2.26. The lowest BCUT2D eigenvalue weighted by molar-refractivity contribution is 0.0697. The standard InChI is InChI=1S/C17H19NO3/c1-12-6-4-9-15(17(19)20)16(12)18(2)11-13-7-5-8-14(10-13)21-3/h4-10H,11H2,1-3H3,(H,19,20). The quantitative estimate of drug-likeness (QED) is 0.915. The van der Waals surface area contributed by atoms with E-state index in [1.807, 2.05) is 49.2 Å². The lowest BCUT2D eigenvalue weighted by Crippen LogP contribution is -2.20. The fraction of sp³-hybridized carbons (Fsp3) is 0.235. The molecule has 0 radical (unpaired) electrons. The van der Waals surface area contributed by atoms with Gasteiger partial charge in [0.25, 0.3) is 0 Å². The Bertz CT molecular complexity index is 652. The van der Waals surface area contributed by atoms with Crippen LogP contribution in [0.5, 0.6) is 5.75 Å². The van der Waals surface area contributed by atoms with Gasteiger partial charge in [-0.2, -0.15) is 0 Å². The summed E-state index contributed by atoms with van der Waals surface area (Å²) in [6.07, 6.45) is 0. The number of ether oxygens (including phenoxy) is 1. The van der Waals surface area contributed by atoms with Gasteiger partial charge in [-0.15, -0.1) is 0 Å². The first-order valence-electron chi connectivity index (χ1n) is 6.70. The number of methoxy groups -OCH3 is 1. The Kier molecular flexibility index (Phi) is 4.48. The number of hydrogen-bond donors (Lipinski definition) is 1. The van der Waals surface area contributed by atoms with E-state index in [0.717, 1.165) is 22.6 Å². The molecule has 0 aliphatic rings. The highest BCUT2D eigenvalue weighted by Gasteiger charge is 2.15. The normalized spacial score (nSPS) is 10.2. The molecule has 2 aromatic rings. The van der Waals surface area contributed by atoms with Crippen LogP contribution in [0.15, 0.2) is 42.5 Å². The van der Waals surface area contributed by atoms with Crippen molar-refractivity contribution in [1.29, 1.82) is 0 Å². The predicted molar refractivity (Wildman–Crippen MR) is 83.2 cm³/mol. The maximum Gasteiger partial charge on any atom is 0.337 e. The van der Waals surface area contributed by atoms with Crippen LogP contribution >= 0.6 is 0 Å². The Morgan fingerprint density at radius 1 is 1.24 bits per heavy atom. The summed E-state index contributed by atoms with van der Waals surface area (Å²) >= 11 is 0. The Morgan fingerprint density at radius 2 is 1.95 bits per heavy atom. The minimum atomic E-state index is -0.911. The van der Waals surface area contributed by atoms with Crippen LogP contribution in [0, 0.1) is 6.92 Å². The van der Waals surface area contributed by atoms with Crippen LogP contribution in [-0.4, -0.2) is 25.2 Å². The molecule has 4 nitrogen and oxygen atoms in total. The number of carboxylic acid groups (broad SMARTS) is 1. The maximum absolute atomic E-state index is 11.4. The van der Waals surface area contributed by atoms with Crippen molar-refractivity contribution < 1.29 is 14.6 Å². The molecule has 0 bridgehead atoms. The van der Waals surface area contributed by atoms with E-state index in [-0.39, 0.29) is 0 Å². The summed E-state index contributed by atoms with van der Waals surface area (Å²) in [4.78, 5) is 13.3. The van der Waals surface area contributed by atoms with Crippen LogP contribution in [-0.2, 0) is 6.54 Å². The second-order valence-electron chi connectivity index (χ2n) is 4.98. The van der Waals surface area contributed by atoms with Crippen LogP contribution in [0.2, 0.25) is 0 Å². The van der Waals surface area contributed by atoms with E-state index in [1.54, 1.807) is 19.2 Å². The lowest BCUT2D eigenvalue weighted by Gasteiger charge is -2.23. The lowest BCUT2D eigenvalue weighted by atomic mass is 10.1. The molecule has 2 aromatic carbocycles. The molecular formula is C17H19NO3. The van der Waals surface area contributed by atoms with E-state index >= 15 is 0 Å². The summed E-state index contributed by atoms with van der Waals surface area (Å²) in [5, 5.41) is 9.34. The second-order valence-corrected chi connectivity index (χ2v) is 4.98. The first-order valence-corrected chi connectivity index (χ1v) is 6.70. The number of nitrogens with zero attached hydrogens (tertiary/aromatic N) is 1. The molecule has 0 aliphatic carbocycles. The number of para-hydroxylation sites is 1. The zero-order valence-corrected chi connectivity index (χ0v) is 12.5. The van der Waals surface area contributed by atoms with Gasteiger partial charge in [0.2, 0.25) is 0 Å². The average Bonchev–Trinajstić information content (AvgIpc) is 2.46. The van der Waals surface area contributed by atoms with Gasteiger partial charge in [-0.1, -0.05) is 24.3 Å². The first kappa shape index (κ1) is 14.9. The number of rotatable bonds is 5. The molecule has 0 spiro atoms. The van der Waals surface area contributed by atoms with Crippen LogP contribution in [0.3, 0.4) is 0 Å². The summed E-state index contributed by atoms with van der Waals surface area (Å²) in [7, 11) is 3.53. The number of carboxylic acids is 1. The fourth-order valence-corrected chi connectivity index (χ4v) is 2.46. The molecular weight excluding hydrogens is 266 g/mol. The van der Waals surface area contributed by atoms with Gasteiger partial charge in [0.05, 0.1) is 18.4 Å².